The van der Waals surface area contributed by atoms with Gasteiger partial charge in [-0.1, -0.05) is 13.8 Å². The molecular weight excluding hydrogens is 264 g/mol. The Morgan fingerprint density at radius 2 is 1.86 bits per heavy atom. The van der Waals surface area contributed by atoms with E-state index < -0.39 is 0 Å². The maximum absolute atomic E-state index is 12.2. The monoisotopic (exact) mass is 294 g/mol. The van der Waals surface area contributed by atoms with Crippen molar-refractivity contribution < 1.29 is 15.0 Å². The lowest BCUT2D eigenvalue weighted by Crippen LogP contribution is -2.47. The maximum Gasteiger partial charge on any atom is 0.139 e. The van der Waals surface area contributed by atoms with Crippen molar-refractivity contribution in [3.8, 4) is 0 Å². The van der Waals surface area contributed by atoms with Gasteiger partial charge in [0, 0.05) is 18.4 Å². The Morgan fingerprint density at radius 3 is 2.57 bits per heavy atom. The fourth-order valence-corrected chi connectivity index (χ4v) is 5.61. The lowest BCUT2D eigenvalue weighted by atomic mass is 9.53. The van der Waals surface area contributed by atoms with Gasteiger partial charge in [-0.2, -0.15) is 0 Å². The smallest absolute Gasteiger partial charge is 0.139 e. The first kappa shape index (κ1) is 15.5. The first-order chi connectivity index (χ1) is 9.90. The van der Waals surface area contributed by atoms with Crippen LogP contribution in [0.3, 0.4) is 0 Å². The SMILES string of the molecule is CC12CCC(C3(C)CCC(O)CC3CO)CC1CCC2=O. The van der Waals surface area contributed by atoms with Gasteiger partial charge >= 0.3 is 0 Å². The van der Waals surface area contributed by atoms with Gasteiger partial charge in [0.25, 0.3) is 0 Å². The second-order valence-corrected chi connectivity index (χ2v) is 8.36. The Morgan fingerprint density at radius 1 is 1.10 bits per heavy atom. The standard InChI is InChI=1S/C18H30O3/c1-17(8-6-15(20)10-14(17)11-19)13-5-7-18(2)12(9-13)3-4-16(18)21/h12-15,19-20H,3-11H2,1-2H3. The Bertz CT molecular complexity index is 421. The number of fused-ring (bicyclic) bond motifs is 1. The molecule has 0 aromatic heterocycles. The summed E-state index contributed by atoms with van der Waals surface area (Å²) >= 11 is 0. The minimum atomic E-state index is -0.239. The van der Waals surface area contributed by atoms with Gasteiger partial charge in [-0.3, -0.25) is 4.79 Å². The molecule has 2 N–H and O–H groups in total. The number of rotatable bonds is 2. The number of aliphatic hydroxyl groups excluding tert-OH is 2. The zero-order valence-electron chi connectivity index (χ0n) is 13.5. The third kappa shape index (κ3) is 2.37. The van der Waals surface area contributed by atoms with Gasteiger partial charge in [-0.05, 0) is 68.1 Å². The van der Waals surface area contributed by atoms with Crippen molar-refractivity contribution in [2.45, 2.75) is 71.3 Å². The summed E-state index contributed by atoms with van der Waals surface area (Å²) < 4.78 is 0. The lowest BCUT2D eigenvalue weighted by Gasteiger charge is -2.52. The molecule has 3 aliphatic rings. The van der Waals surface area contributed by atoms with Gasteiger partial charge in [0.15, 0.2) is 0 Å². The lowest BCUT2D eigenvalue weighted by molar-refractivity contribution is -0.130. The molecule has 0 bridgehead atoms. The van der Waals surface area contributed by atoms with E-state index >= 15 is 0 Å². The van der Waals surface area contributed by atoms with Crippen LogP contribution in [0.1, 0.15) is 65.2 Å². The van der Waals surface area contributed by atoms with Crippen LogP contribution >= 0.6 is 0 Å². The molecule has 0 aliphatic heterocycles. The fraction of sp³-hybridized carbons (Fsp3) is 0.944. The van der Waals surface area contributed by atoms with E-state index in [1.54, 1.807) is 0 Å². The zero-order valence-corrected chi connectivity index (χ0v) is 13.5. The Labute approximate surface area is 128 Å². The Balaban J connectivity index is 1.77. The highest BCUT2D eigenvalue weighted by Crippen LogP contribution is 2.58. The largest absolute Gasteiger partial charge is 0.396 e. The van der Waals surface area contributed by atoms with Crippen LogP contribution in [-0.2, 0) is 4.79 Å². The van der Waals surface area contributed by atoms with E-state index in [0.29, 0.717) is 17.6 Å². The molecule has 21 heavy (non-hydrogen) atoms. The van der Waals surface area contributed by atoms with Crippen LogP contribution in [-0.4, -0.2) is 28.7 Å². The number of hydrogen-bond acceptors (Lipinski definition) is 3. The molecule has 120 valence electrons. The van der Waals surface area contributed by atoms with Crippen LogP contribution in [0, 0.1) is 28.6 Å². The molecule has 3 saturated carbocycles. The Hall–Kier alpha value is -0.410. The summed E-state index contributed by atoms with van der Waals surface area (Å²) in [6.45, 7) is 4.69. The molecule has 3 rings (SSSR count). The zero-order chi connectivity index (χ0) is 15.3. The molecule has 6 atom stereocenters. The van der Waals surface area contributed by atoms with Gasteiger partial charge in [-0.15, -0.1) is 0 Å². The van der Waals surface area contributed by atoms with Crippen LogP contribution in [0.15, 0.2) is 0 Å². The molecule has 6 unspecified atom stereocenters. The third-order valence-corrected chi connectivity index (χ3v) is 7.50. The van der Waals surface area contributed by atoms with Crippen molar-refractivity contribution >= 4 is 5.78 Å². The normalized spacial score (nSPS) is 51.0. The van der Waals surface area contributed by atoms with E-state index in [-0.39, 0.29) is 29.5 Å². The molecule has 0 heterocycles. The summed E-state index contributed by atoms with van der Waals surface area (Å²) in [7, 11) is 0. The van der Waals surface area contributed by atoms with Crippen LogP contribution in [0.2, 0.25) is 0 Å². The van der Waals surface area contributed by atoms with E-state index in [4.69, 9.17) is 0 Å². The minimum absolute atomic E-state index is 0.0598. The van der Waals surface area contributed by atoms with Crippen LogP contribution in [0.4, 0.5) is 0 Å². The predicted molar refractivity (Wildman–Crippen MR) is 81.7 cm³/mol. The number of carbonyl (C=O) groups excluding carboxylic acids is 1. The van der Waals surface area contributed by atoms with Crippen molar-refractivity contribution in [1.29, 1.82) is 0 Å². The van der Waals surface area contributed by atoms with Gasteiger partial charge in [0.05, 0.1) is 6.10 Å². The molecule has 3 aliphatic carbocycles. The molecule has 0 saturated heterocycles. The number of aliphatic hydroxyl groups is 2. The van der Waals surface area contributed by atoms with Crippen molar-refractivity contribution in [2.24, 2.45) is 28.6 Å². The average Bonchev–Trinajstić information content (AvgIpc) is 2.77. The van der Waals surface area contributed by atoms with E-state index in [1.165, 1.54) is 0 Å². The highest BCUT2D eigenvalue weighted by molar-refractivity contribution is 5.87. The summed E-state index contributed by atoms with van der Waals surface area (Å²) in [5.74, 6) is 1.85. The van der Waals surface area contributed by atoms with Gasteiger partial charge < -0.3 is 10.2 Å². The van der Waals surface area contributed by atoms with Crippen molar-refractivity contribution in [3.05, 3.63) is 0 Å². The second kappa shape index (κ2) is 5.34. The fourth-order valence-electron chi connectivity index (χ4n) is 5.61. The third-order valence-electron chi connectivity index (χ3n) is 7.50. The minimum Gasteiger partial charge on any atom is -0.396 e. The van der Waals surface area contributed by atoms with Crippen molar-refractivity contribution in [1.82, 2.24) is 0 Å². The van der Waals surface area contributed by atoms with E-state index in [1.807, 2.05) is 0 Å². The summed E-state index contributed by atoms with van der Waals surface area (Å²) in [4.78, 5) is 12.2. The van der Waals surface area contributed by atoms with Crippen molar-refractivity contribution in [3.63, 3.8) is 0 Å². The number of Topliss-reactive ketones (excluding diaryl/α,β-unsaturated/α-hetero) is 1. The van der Waals surface area contributed by atoms with Crippen LogP contribution in [0.25, 0.3) is 0 Å². The summed E-state index contributed by atoms with van der Waals surface area (Å²) in [5.41, 5.74) is 0.0801. The van der Waals surface area contributed by atoms with Crippen LogP contribution < -0.4 is 0 Å². The first-order valence-electron chi connectivity index (χ1n) is 8.72. The first-order valence-corrected chi connectivity index (χ1v) is 8.72. The molecule has 3 fully saturated rings. The molecule has 0 aromatic carbocycles. The molecule has 0 spiro atoms. The van der Waals surface area contributed by atoms with E-state index in [9.17, 15) is 15.0 Å². The van der Waals surface area contributed by atoms with Crippen LogP contribution in [0.5, 0.6) is 0 Å². The topological polar surface area (TPSA) is 57.5 Å². The van der Waals surface area contributed by atoms with Gasteiger partial charge in [0.2, 0.25) is 0 Å². The molecular formula is C18H30O3. The van der Waals surface area contributed by atoms with Gasteiger partial charge in [-0.25, -0.2) is 0 Å². The average molecular weight is 294 g/mol. The summed E-state index contributed by atoms with van der Waals surface area (Å²) in [5, 5.41) is 19.7. The molecule has 3 heteroatoms. The highest BCUT2D eigenvalue weighted by Gasteiger charge is 2.53. The number of carbonyl (C=O) groups is 1. The maximum atomic E-state index is 12.2. The quantitative estimate of drug-likeness (QED) is 0.823. The van der Waals surface area contributed by atoms with E-state index in [2.05, 4.69) is 13.8 Å². The highest BCUT2D eigenvalue weighted by atomic mass is 16.3. The second-order valence-electron chi connectivity index (χ2n) is 8.36. The summed E-state index contributed by atoms with van der Waals surface area (Å²) in [6.07, 6.45) is 7.50. The van der Waals surface area contributed by atoms with E-state index in [0.717, 1.165) is 51.4 Å². The summed E-state index contributed by atoms with van der Waals surface area (Å²) in [6, 6.07) is 0. The van der Waals surface area contributed by atoms with Gasteiger partial charge in [0.1, 0.15) is 5.78 Å². The van der Waals surface area contributed by atoms with Crippen molar-refractivity contribution in [2.75, 3.05) is 6.61 Å². The molecule has 3 nitrogen and oxygen atoms in total. The molecule has 0 radical (unpaired) electrons. The molecule has 0 amide bonds. The Kier molecular flexibility index (Phi) is 3.94. The predicted octanol–water partition coefficient (Wildman–Crippen LogP) is 2.93. The molecule has 0 aromatic rings. The number of hydrogen-bond donors (Lipinski definition) is 2. The number of ketones is 1.